The Kier molecular flexibility index (Phi) is 1.49. The highest BCUT2D eigenvalue weighted by molar-refractivity contribution is 6.01. The molecule has 1 aromatic carbocycles. The molecule has 0 bridgehead atoms. The summed E-state index contributed by atoms with van der Waals surface area (Å²) in [4.78, 5) is 11.0. The highest BCUT2D eigenvalue weighted by Gasteiger charge is 2.44. The van der Waals surface area contributed by atoms with E-state index in [2.05, 4.69) is 0 Å². The second-order valence-corrected chi connectivity index (χ2v) is 2.99. The van der Waals surface area contributed by atoms with Crippen LogP contribution in [0.3, 0.4) is 0 Å². The van der Waals surface area contributed by atoms with E-state index in [9.17, 15) is 18.0 Å². The van der Waals surface area contributed by atoms with Gasteiger partial charge in [0.1, 0.15) is 5.82 Å². The summed E-state index contributed by atoms with van der Waals surface area (Å²) in [5, 5.41) is 0. The van der Waals surface area contributed by atoms with Gasteiger partial charge in [0, 0.05) is 11.1 Å². The monoisotopic (exact) mass is 186 g/mol. The quantitative estimate of drug-likeness (QED) is 0.608. The van der Waals surface area contributed by atoms with Crippen LogP contribution in [-0.4, -0.2) is 5.78 Å². The number of fused-ring (bicyclic) bond motifs is 1. The Morgan fingerprint density at radius 3 is 2.69 bits per heavy atom. The van der Waals surface area contributed by atoms with Crippen LogP contribution in [0.4, 0.5) is 13.2 Å². The smallest absolute Gasteiger partial charge is 0.281 e. The molecule has 0 atom stereocenters. The standard InChI is InChI=1S/C9H5F3O/c10-5-1-2-7-6(3-5)8(13)4-9(7,11)12/h1-3H,4H2. The fourth-order valence-corrected chi connectivity index (χ4v) is 1.46. The van der Waals surface area contributed by atoms with Crippen LogP contribution in [0.1, 0.15) is 22.3 Å². The van der Waals surface area contributed by atoms with E-state index in [4.69, 9.17) is 0 Å². The molecule has 1 nitrogen and oxygen atoms in total. The number of Topliss-reactive ketones (excluding diaryl/α,β-unsaturated/α-hetero) is 1. The zero-order valence-corrected chi connectivity index (χ0v) is 6.48. The molecule has 68 valence electrons. The molecule has 0 spiro atoms. The van der Waals surface area contributed by atoms with Crippen LogP contribution >= 0.6 is 0 Å². The number of carbonyl (C=O) groups excluding carboxylic acids is 1. The van der Waals surface area contributed by atoms with Gasteiger partial charge in [-0.05, 0) is 18.2 Å². The molecule has 0 aromatic heterocycles. The number of ketones is 1. The summed E-state index contributed by atoms with van der Waals surface area (Å²) in [6, 6.07) is 2.76. The van der Waals surface area contributed by atoms with Crippen molar-refractivity contribution in [2.75, 3.05) is 0 Å². The van der Waals surface area contributed by atoms with E-state index in [1.165, 1.54) is 0 Å². The van der Waals surface area contributed by atoms with E-state index < -0.39 is 23.9 Å². The normalized spacial score (nSPS) is 18.8. The molecule has 1 aromatic rings. The summed E-state index contributed by atoms with van der Waals surface area (Å²) < 4.78 is 38.5. The lowest BCUT2D eigenvalue weighted by Gasteiger charge is -2.07. The number of benzene rings is 1. The van der Waals surface area contributed by atoms with Crippen molar-refractivity contribution in [2.24, 2.45) is 0 Å². The summed E-state index contributed by atoms with van der Waals surface area (Å²) in [7, 11) is 0. The average molecular weight is 186 g/mol. The first-order valence-corrected chi connectivity index (χ1v) is 3.72. The number of rotatable bonds is 0. The minimum Gasteiger partial charge on any atom is -0.294 e. The largest absolute Gasteiger partial charge is 0.294 e. The van der Waals surface area contributed by atoms with Gasteiger partial charge in [0.25, 0.3) is 5.92 Å². The number of hydrogen-bond donors (Lipinski definition) is 0. The van der Waals surface area contributed by atoms with E-state index in [-0.39, 0.29) is 11.1 Å². The van der Waals surface area contributed by atoms with Crippen molar-refractivity contribution in [3.05, 3.63) is 35.1 Å². The number of halogens is 3. The fourth-order valence-electron chi connectivity index (χ4n) is 1.46. The number of carbonyl (C=O) groups is 1. The zero-order chi connectivity index (χ0) is 9.64. The Bertz CT molecular complexity index is 384. The molecule has 0 heterocycles. The van der Waals surface area contributed by atoms with Crippen molar-refractivity contribution in [3.63, 3.8) is 0 Å². The minimum absolute atomic E-state index is 0.190. The summed E-state index contributed by atoms with van der Waals surface area (Å²) in [5.74, 6) is -4.48. The van der Waals surface area contributed by atoms with Gasteiger partial charge in [-0.3, -0.25) is 4.79 Å². The first kappa shape index (κ1) is 8.29. The Labute approximate surface area is 72.2 Å². The highest BCUT2D eigenvalue weighted by Crippen LogP contribution is 2.41. The lowest BCUT2D eigenvalue weighted by atomic mass is 10.1. The predicted octanol–water partition coefficient (Wildman–Crippen LogP) is 2.50. The molecule has 0 saturated carbocycles. The molecule has 0 unspecified atom stereocenters. The Hall–Kier alpha value is -1.32. The van der Waals surface area contributed by atoms with E-state index >= 15 is 0 Å². The van der Waals surface area contributed by atoms with Crippen molar-refractivity contribution < 1.29 is 18.0 Å². The SMILES string of the molecule is O=C1CC(F)(F)c2ccc(F)cc21. The highest BCUT2D eigenvalue weighted by atomic mass is 19.3. The van der Waals surface area contributed by atoms with Crippen LogP contribution < -0.4 is 0 Å². The average Bonchev–Trinajstić information content (AvgIpc) is 2.22. The molecule has 0 saturated heterocycles. The van der Waals surface area contributed by atoms with Crippen LogP contribution in [0.5, 0.6) is 0 Å². The molecule has 1 aliphatic carbocycles. The van der Waals surface area contributed by atoms with E-state index in [0.29, 0.717) is 0 Å². The number of alkyl halides is 2. The Balaban J connectivity index is 2.66. The van der Waals surface area contributed by atoms with Gasteiger partial charge in [-0.1, -0.05) is 0 Å². The maximum Gasteiger partial charge on any atom is 0.281 e. The van der Waals surface area contributed by atoms with E-state index in [1.54, 1.807) is 0 Å². The first-order chi connectivity index (χ1) is 6.00. The minimum atomic E-state index is -3.12. The zero-order valence-electron chi connectivity index (χ0n) is 6.48. The molecule has 4 heteroatoms. The molecule has 13 heavy (non-hydrogen) atoms. The molecule has 0 fully saturated rings. The van der Waals surface area contributed by atoms with Crippen molar-refractivity contribution in [1.82, 2.24) is 0 Å². The van der Waals surface area contributed by atoms with Gasteiger partial charge in [0.15, 0.2) is 5.78 Å². The van der Waals surface area contributed by atoms with Gasteiger partial charge in [0.05, 0.1) is 6.42 Å². The maximum atomic E-state index is 13.0. The summed E-state index contributed by atoms with van der Waals surface area (Å²) >= 11 is 0. The molecule has 2 rings (SSSR count). The van der Waals surface area contributed by atoms with Gasteiger partial charge in [0.2, 0.25) is 0 Å². The molecular formula is C9H5F3O. The van der Waals surface area contributed by atoms with Gasteiger partial charge in [-0.2, -0.15) is 0 Å². The van der Waals surface area contributed by atoms with Gasteiger partial charge < -0.3 is 0 Å². The molecule has 1 aliphatic rings. The molecule has 0 amide bonds. The van der Waals surface area contributed by atoms with Gasteiger partial charge in [-0.15, -0.1) is 0 Å². The number of hydrogen-bond acceptors (Lipinski definition) is 1. The van der Waals surface area contributed by atoms with E-state index in [1.807, 2.05) is 0 Å². The molecular weight excluding hydrogens is 181 g/mol. The van der Waals surface area contributed by atoms with Crippen LogP contribution in [0.15, 0.2) is 18.2 Å². The van der Waals surface area contributed by atoms with Crippen molar-refractivity contribution >= 4 is 5.78 Å². The Morgan fingerprint density at radius 2 is 2.00 bits per heavy atom. The summed E-state index contributed by atoms with van der Waals surface area (Å²) in [5.41, 5.74) is -0.552. The lowest BCUT2D eigenvalue weighted by Crippen LogP contribution is -2.07. The molecule has 0 radical (unpaired) electrons. The first-order valence-electron chi connectivity index (χ1n) is 3.72. The molecule has 0 N–H and O–H groups in total. The third-order valence-corrected chi connectivity index (χ3v) is 2.06. The summed E-state index contributed by atoms with van der Waals surface area (Å²) in [6.07, 6.45) is -0.841. The van der Waals surface area contributed by atoms with Gasteiger partial charge >= 0.3 is 0 Å². The third kappa shape index (κ3) is 1.13. The van der Waals surface area contributed by atoms with Crippen molar-refractivity contribution in [1.29, 1.82) is 0 Å². The van der Waals surface area contributed by atoms with Crippen molar-refractivity contribution in [3.8, 4) is 0 Å². The van der Waals surface area contributed by atoms with Crippen molar-refractivity contribution in [2.45, 2.75) is 12.3 Å². The third-order valence-electron chi connectivity index (χ3n) is 2.06. The van der Waals surface area contributed by atoms with E-state index in [0.717, 1.165) is 18.2 Å². The lowest BCUT2D eigenvalue weighted by molar-refractivity contribution is 0.00106. The second kappa shape index (κ2) is 2.34. The second-order valence-electron chi connectivity index (χ2n) is 2.99. The summed E-state index contributed by atoms with van der Waals surface area (Å²) in [6.45, 7) is 0. The van der Waals surface area contributed by atoms with Crippen LogP contribution in [-0.2, 0) is 5.92 Å². The fraction of sp³-hybridized carbons (Fsp3) is 0.222. The Morgan fingerprint density at radius 1 is 1.31 bits per heavy atom. The van der Waals surface area contributed by atoms with Crippen LogP contribution in [0.2, 0.25) is 0 Å². The topological polar surface area (TPSA) is 17.1 Å². The van der Waals surface area contributed by atoms with Crippen LogP contribution in [0.25, 0.3) is 0 Å². The molecule has 0 aliphatic heterocycles. The van der Waals surface area contributed by atoms with Crippen LogP contribution in [0, 0.1) is 5.82 Å². The maximum absolute atomic E-state index is 13.0. The predicted molar refractivity (Wildman–Crippen MR) is 39.2 cm³/mol. The van der Waals surface area contributed by atoms with Gasteiger partial charge in [-0.25, -0.2) is 13.2 Å².